The van der Waals surface area contributed by atoms with Crippen molar-refractivity contribution in [2.24, 2.45) is 0 Å². The van der Waals surface area contributed by atoms with Gasteiger partial charge in [0, 0.05) is 0 Å². The van der Waals surface area contributed by atoms with Gasteiger partial charge in [-0.25, -0.2) is 0 Å². The summed E-state index contributed by atoms with van der Waals surface area (Å²) in [6, 6.07) is 0. The number of epoxide rings is 1. The summed E-state index contributed by atoms with van der Waals surface area (Å²) >= 11 is 0. The SMILES string of the molecule is CCCCCC1OC1C. The minimum absolute atomic E-state index is 0.571. The van der Waals surface area contributed by atoms with Crippen molar-refractivity contribution in [2.45, 2.75) is 51.7 Å². The van der Waals surface area contributed by atoms with Crippen molar-refractivity contribution in [1.29, 1.82) is 0 Å². The van der Waals surface area contributed by atoms with Gasteiger partial charge in [0.1, 0.15) is 0 Å². The third-order valence-electron chi connectivity index (χ3n) is 1.93. The molecule has 0 saturated carbocycles. The van der Waals surface area contributed by atoms with E-state index in [0.717, 1.165) is 0 Å². The molecule has 2 atom stereocenters. The Morgan fingerprint density at radius 1 is 1.33 bits per heavy atom. The van der Waals surface area contributed by atoms with E-state index < -0.39 is 0 Å². The Morgan fingerprint density at radius 2 is 2.00 bits per heavy atom. The van der Waals surface area contributed by atoms with Crippen molar-refractivity contribution in [3.05, 3.63) is 0 Å². The fraction of sp³-hybridized carbons (Fsp3) is 1.00. The van der Waals surface area contributed by atoms with Crippen LogP contribution >= 0.6 is 0 Å². The Kier molecular flexibility index (Phi) is 2.52. The van der Waals surface area contributed by atoms with Crippen LogP contribution in [0.25, 0.3) is 0 Å². The van der Waals surface area contributed by atoms with E-state index in [2.05, 4.69) is 13.8 Å². The van der Waals surface area contributed by atoms with Crippen LogP contribution in [0.2, 0.25) is 0 Å². The van der Waals surface area contributed by atoms with Crippen molar-refractivity contribution in [2.75, 3.05) is 0 Å². The van der Waals surface area contributed by atoms with Crippen LogP contribution in [0.5, 0.6) is 0 Å². The molecule has 1 nitrogen and oxygen atoms in total. The first-order chi connectivity index (χ1) is 4.34. The second-order valence-electron chi connectivity index (χ2n) is 2.88. The minimum atomic E-state index is 0.571. The average molecular weight is 128 g/mol. The molecule has 0 aromatic carbocycles. The normalized spacial score (nSPS) is 32.7. The van der Waals surface area contributed by atoms with Crippen LogP contribution in [0.15, 0.2) is 0 Å². The first-order valence-electron chi connectivity index (χ1n) is 4.00. The van der Waals surface area contributed by atoms with E-state index in [9.17, 15) is 0 Å². The molecular weight excluding hydrogens is 112 g/mol. The molecule has 0 bridgehead atoms. The van der Waals surface area contributed by atoms with Gasteiger partial charge >= 0.3 is 0 Å². The largest absolute Gasteiger partial charge is 0.370 e. The zero-order valence-electron chi connectivity index (χ0n) is 6.39. The van der Waals surface area contributed by atoms with E-state index in [1.807, 2.05) is 0 Å². The van der Waals surface area contributed by atoms with Gasteiger partial charge in [-0.3, -0.25) is 0 Å². The van der Waals surface area contributed by atoms with Crippen molar-refractivity contribution in [1.82, 2.24) is 0 Å². The number of hydrogen-bond donors (Lipinski definition) is 0. The summed E-state index contributed by atoms with van der Waals surface area (Å²) in [7, 11) is 0. The predicted octanol–water partition coefficient (Wildman–Crippen LogP) is 2.35. The van der Waals surface area contributed by atoms with Crippen LogP contribution in [0.1, 0.15) is 39.5 Å². The lowest BCUT2D eigenvalue weighted by atomic mass is 10.1. The van der Waals surface area contributed by atoms with Crippen molar-refractivity contribution in [3.8, 4) is 0 Å². The molecule has 0 aromatic rings. The van der Waals surface area contributed by atoms with Gasteiger partial charge < -0.3 is 4.74 Å². The Labute approximate surface area is 57.4 Å². The van der Waals surface area contributed by atoms with Gasteiger partial charge in [0.25, 0.3) is 0 Å². The van der Waals surface area contributed by atoms with E-state index in [-0.39, 0.29) is 0 Å². The van der Waals surface area contributed by atoms with Crippen molar-refractivity contribution >= 4 is 0 Å². The molecule has 1 rings (SSSR count). The summed E-state index contributed by atoms with van der Waals surface area (Å²) in [5.41, 5.74) is 0. The lowest BCUT2D eigenvalue weighted by Gasteiger charge is -1.91. The highest BCUT2D eigenvalue weighted by molar-refractivity contribution is 4.79. The van der Waals surface area contributed by atoms with Gasteiger partial charge in [0.15, 0.2) is 0 Å². The Hall–Kier alpha value is -0.0400. The number of hydrogen-bond acceptors (Lipinski definition) is 1. The lowest BCUT2D eigenvalue weighted by Crippen LogP contribution is -1.88. The zero-order valence-corrected chi connectivity index (χ0v) is 6.39. The second-order valence-corrected chi connectivity index (χ2v) is 2.88. The maximum absolute atomic E-state index is 5.26. The smallest absolute Gasteiger partial charge is 0.0839 e. The van der Waals surface area contributed by atoms with Crippen molar-refractivity contribution in [3.63, 3.8) is 0 Å². The molecule has 0 aliphatic carbocycles. The molecule has 0 spiro atoms. The highest BCUT2D eigenvalue weighted by Crippen LogP contribution is 2.26. The molecule has 1 aliphatic rings. The van der Waals surface area contributed by atoms with Gasteiger partial charge in [0.2, 0.25) is 0 Å². The van der Waals surface area contributed by atoms with Crippen LogP contribution in [0.4, 0.5) is 0 Å². The van der Waals surface area contributed by atoms with Crippen molar-refractivity contribution < 1.29 is 4.74 Å². The van der Waals surface area contributed by atoms with E-state index in [0.29, 0.717) is 12.2 Å². The third-order valence-corrected chi connectivity index (χ3v) is 1.93. The Morgan fingerprint density at radius 3 is 2.44 bits per heavy atom. The summed E-state index contributed by atoms with van der Waals surface area (Å²) in [6.45, 7) is 4.38. The monoisotopic (exact) mass is 128 g/mol. The van der Waals surface area contributed by atoms with E-state index in [4.69, 9.17) is 4.74 Å². The van der Waals surface area contributed by atoms with Crippen LogP contribution in [-0.4, -0.2) is 12.2 Å². The van der Waals surface area contributed by atoms with E-state index >= 15 is 0 Å². The number of ether oxygens (including phenoxy) is 1. The quantitative estimate of drug-likeness (QED) is 0.418. The summed E-state index contributed by atoms with van der Waals surface area (Å²) in [4.78, 5) is 0. The van der Waals surface area contributed by atoms with Crippen LogP contribution in [-0.2, 0) is 4.74 Å². The maximum Gasteiger partial charge on any atom is 0.0839 e. The van der Waals surface area contributed by atoms with Gasteiger partial charge in [-0.15, -0.1) is 0 Å². The highest BCUT2D eigenvalue weighted by atomic mass is 16.6. The molecule has 1 heterocycles. The predicted molar refractivity (Wildman–Crippen MR) is 38.5 cm³/mol. The molecule has 2 unspecified atom stereocenters. The minimum Gasteiger partial charge on any atom is -0.370 e. The molecule has 1 saturated heterocycles. The second kappa shape index (κ2) is 3.21. The summed E-state index contributed by atoms with van der Waals surface area (Å²) in [5.74, 6) is 0. The zero-order chi connectivity index (χ0) is 6.69. The Balaban J connectivity index is 1.83. The Bertz CT molecular complexity index is 80.6. The van der Waals surface area contributed by atoms with Gasteiger partial charge in [-0.2, -0.15) is 0 Å². The third kappa shape index (κ3) is 2.35. The standard InChI is InChI=1S/C8H16O/c1-3-4-5-6-8-7(2)9-8/h7-8H,3-6H2,1-2H3. The molecule has 0 N–H and O–H groups in total. The van der Waals surface area contributed by atoms with Crippen LogP contribution in [0.3, 0.4) is 0 Å². The summed E-state index contributed by atoms with van der Waals surface area (Å²) in [5, 5.41) is 0. The molecule has 1 aliphatic heterocycles. The fourth-order valence-electron chi connectivity index (χ4n) is 1.13. The van der Waals surface area contributed by atoms with E-state index in [1.165, 1.54) is 25.7 Å². The number of unbranched alkanes of at least 4 members (excludes halogenated alkanes) is 2. The topological polar surface area (TPSA) is 12.5 Å². The van der Waals surface area contributed by atoms with Gasteiger partial charge in [0.05, 0.1) is 12.2 Å². The maximum atomic E-state index is 5.26. The summed E-state index contributed by atoms with van der Waals surface area (Å²) in [6.07, 6.45) is 6.52. The number of rotatable bonds is 4. The molecule has 9 heavy (non-hydrogen) atoms. The average Bonchev–Trinajstić information content (AvgIpc) is 2.48. The lowest BCUT2D eigenvalue weighted by molar-refractivity contribution is 0.365. The molecule has 0 amide bonds. The van der Waals surface area contributed by atoms with Crippen LogP contribution in [0, 0.1) is 0 Å². The molecule has 0 radical (unpaired) electrons. The molecular formula is C8H16O. The van der Waals surface area contributed by atoms with Gasteiger partial charge in [-0.1, -0.05) is 26.2 Å². The first-order valence-corrected chi connectivity index (χ1v) is 4.00. The van der Waals surface area contributed by atoms with Gasteiger partial charge in [-0.05, 0) is 13.3 Å². The molecule has 1 fully saturated rings. The summed E-state index contributed by atoms with van der Waals surface area (Å²) < 4.78 is 5.26. The highest BCUT2D eigenvalue weighted by Gasteiger charge is 2.32. The van der Waals surface area contributed by atoms with E-state index in [1.54, 1.807) is 0 Å². The van der Waals surface area contributed by atoms with Crippen LogP contribution < -0.4 is 0 Å². The fourth-order valence-corrected chi connectivity index (χ4v) is 1.13. The molecule has 54 valence electrons. The molecule has 0 aromatic heterocycles. The molecule has 1 heteroatoms. The first kappa shape index (κ1) is 7.07.